The predicted octanol–water partition coefficient (Wildman–Crippen LogP) is 1.03. The smallest absolute Gasteiger partial charge is 0.308 e. The Morgan fingerprint density at radius 3 is 2.35 bits per heavy atom. The predicted molar refractivity (Wildman–Crippen MR) is 77.1 cm³/mol. The van der Waals surface area contributed by atoms with E-state index in [4.69, 9.17) is 10.8 Å². The van der Waals surface area contributed by atoms with Crippen molar-refractivity contribution < 1.29 is 14.7 Å². The molecule has 110 valence electrons. The Morgan fingerprint density at radius 1 is 1.25 bits per heavy atom. The fourth-order valence-corrected chi connectivity index (χ4v) is 1.91. The van der Waals surface area contributed by atoms with Gasteiger partial charge >= 0.3 is 5.97 Å². The minimum Gasteiger partial charge on any atom is -0.481 e. The molecule has 1 unspecified atom stereocenters. The molecule has 0 aromatic heterocycles. The maximum Gasteiger partial charge on any atom is 0.308 e. The van der Waals surface area contributed by atoms with Crippen LogP contribution in [0.15, 0.2) is 30.3 Å². The summed E-state index contributed by atoms with van der Waals surface area (Å²) >= 11 is 0. The second-order valence-corrected chi connectivity index (χ2v) is 5.23. The Morgan fingerprint density at radius 2 is 1.85 bits per heavy atom. The molecule has 1 aromatic carbocycles. The van der Waals surface area contributed by atoms with Gasteiger partial charge in [-0.2, -0.15) is 0 Å². The zero-order chi connectivity index (χ0) is 15.1. The van der Waals surface area contributed by atoms with Gasteiger partial charge in [-0.05, 0) is 17.9 Å². The van der Waals surface area contributed by atoms with Crippen molar-refractivity contribution in [2.75, 3.05) is 6.54 Å². The molecular formula is C15H22N2O3. The van der Waals surface area contributed by atoms with E-state index in [0.717, 1.165) is 5.56 Å². The molecule has 1 amide bonds. The van der Waals surface area contributed by atoms with Gasteiger partial charge in [0, 0.05) is 6.54 Å². The molecule has 4 N–H and O–H groups in total. The minimum absolute atomic E-state index is 0.0434. The zero-order valence-corrected chi connectivity index (χ0v) is 11.9. The van der Waals surface area contributed by atoms with Crippen molar-refractivity contribution in [3.8, 4) is 0 Å². The molecule has 0 spiro atoms. The molecule has 5 nitrogen and oxygen atoms in total. The Balaban J connectivity index is 2.48. The highest BCUT2D eigenvalue weighted by atomic mass is 16.4. The summed E-state index contributed by atoms with van der Waals surface area (Å²) in [6.45, 7) is 3.73. The Labute approximate surface area is 119 Å². The van der Waals surface area contributed by atoms with Gasteiger partial charge in [0.05, 0.1) is 12.0 Å². The van der Waals surface area contributed by atoms with E-state index in [1.807, 2.05) is 44.2 Å². The second-order valence-electron chi connectivity index (χ2n) is 5.23. The van der Waals surface area contributed by atoms with E-state index >= 15 is 0 Å². The van der Waals surface area contributed by atoms with Gasteiger partial charge < -0.3 is 16.2 Å². The summed E-state index contributed by atoms with van der Waals surface area (Å²) in [5, 5.41) is 11.7. The van der Waals surface area contributed by atoms with Gasteiger partial charge in [-0.15, -0.1) is 0 Å². The van der Waals surface area contributed by atoms with E-state index < -0.39 is 17.9 Å². The molecule has 0 fully saturated rings. The third-order valence-electron chi connectivity index (χ3n) is 3.25. The molecule has 20 heavy (non-hydrogen) atoms. The van der Waals surface area contributed by atoms with Crippen LogP contribution in [0.1, 0.15) is 19.4 Å². The van der Waals surface area contributed by atoms with Crippen molar-refractivity contribution in [3.63, 3.8) is 0 Å². The number of nitrogens with one attached hydrogen (secondary N) is 1. The van der Waals surface area contributed by atoms with Gasteiger partial charge in [-0.1, -0.05) is 44.2 Å². The molecule has 1 rings (SSSR count). The molecule has 5 heteroatoms. The van der Waals surface area contributed by atoms with E-state index in [2.05, 4.69) is 5.32 Å². The molecule has 0 saturated carbocycles. The first-order chi connectivity index (χ1) is 9.41. The van der Waals surface area contributed by atoms with Crippen LogP contribution in [0.4, 0.5) is 0 Å². The Hall–Kier alpha value is -1.88. The van der Waals surface area contributed by atoms with E-state index in [-0.39, 0.29) is 18.4 Å². The lowest BCUT2D eigenvalue weighted by Gasteiger charge is -2.18. The molecule has 0 radical (unpaired) electrons. The second kappa shape index (κ2) is 7.65. The lowest BCUT2D eigenvalue weighted by atomic mass is 9.96. The highest BCUT2D eigenvalue weighted by molar-refractivity contribution is 5.82. The van der Waals surface area contributed by atoms with Crippen LogP contribution in [0.25, 0.3) is 0 Å². The summed E-state index contributed by atoms with van der Waals surface area (Å²) in [4.78, 5) is 22.9. The number of aliphatic carboxylic acids is 1. The Bertz CT molecular complexity index is 446. The van der Waals surface area contributed by atoms with Crippen molar-refractivity contribution in [2.24, 2.45) is 17.6 Å². The van der Waals surface area contributed by atoms with Crippen LogP contribution in [0.3, 0.4) is 0 Å². The highest BCUT2D eigenvalue weighted by Gasteiger charge is 2.23. The molecule has 0 aliphatic carbocycles. The number of benzene rings is 1. The van der Waals surface area contributed by atoms with Crippen LogP contribution in [0.2, 0.25) is 0 Å². The fraction of sp³-hybridized carbons (Fsp3) is 0.467. The molecule has 0 saturated heterocycles. The average molecular weight is 278 g/mol. The quantitative estimate of drug-likeness (QED) is 0.694. The SMILES string of the molecule is CC(C)C(CNC(=O)[C@@H](N)Cc1ccccc1)C(=O)O. The molecule has 0 bridgehead atoms. The van der Waals surface area contributed by atoms with Crippen molar-refractivity contribution in [1.29, 1.82) is 0 Å². The maximum absolute atomic E-state index is 11.9. The van der Waals surface area contributed by atoms with E-state index in [9.17, 15) is 9.59 Å². The summed E-state index contributed by atoms with van der Waals surface area (Å²) in [6, 6.07) is 8.81. The minimum atomic E-state index is -0.906. The Kier molecular flexibility index (Phi) is 6.18. The molecule has 1 aromatic rings. The van der Waals surface area contributed by atoms with Crippen molar-refractivity contribution in [3.05, 3.63) is 35.9 Å². The number of rotatable bonds is 7. The number of hydrogen-bond donors (Lipinski definition) is 3. The van der Waals surface area contributed by atoms with Gasteiger partial charge in [0.15, 0.2) is 0 Å². The van der Waals surface area contributed by atoms with E-state index in [0.29, 0.717) is 6.42 Å². The molecule has 0 aliphatic heterocycles. The lowest BCUT2D eigenvalue weighted by molar-refractivity contribution is -0.143. The van der Waals surface area contributed by atoms with Crippen molar-refractivity contribution in [2.45, 2.75) is 26.3 Å². The summed E-state index contributed by atoms with van der Waals surface area (Å²) in [6.07, 6.45) is 0.437. The summed E-state index contributed by atoms with van der Waals surface area (Å²) in [5.74, 6) is -1.86. The van der Waals surface area contributed by atoms with Crippen LogP contribution in [-0.4, -0.2) is 29.6 Å². The van der Waals surface area contributed by atoms with Crippen LogP contribution in [-0.2, 0) is 16.0 Å². The van der Waals surface area contributed by atoms with Crippen LogP contribution < -0.4 is 11.1 Å². The first kappa shape index (κ1) is 16.2. The lowest BCUT2D eigenvalue weighted by Crippen LogP contribution is -2.45. The number of carboxylic acids is 1. The van der Waals surface area contributed by atoms with Crippen LogP contribution in [0, 0.1) is 11.8 Å². The summed E-state index contributed by atoms with van der Waals surface area (Å²) < 4.78 is 0. The third kappa shape index (κ3) is 5.01. The number of hydrogen-bond acceptors (Lipinski definition) is 3. The molecule has 2 atom stereocenters. The standard InChI is InChI=1S/C15H22N2O3/c1-10(2)12(15(19)20)9-17-14(18)13(16)8-11-6-4-3-5-7-11/h3-7,10,12-13H,8-9,16H2,1-2H3,(H,17,18)(H,19,20)/t12?,13-/m0/s1. The number of carboxylic acid groups (broad SMARTS) is 1. The summed E-state index contributed by atoms with van der Waals surface area (Å²) in [5.41, 5.74) is 6.81. The van der Waals surface area contributed by atoms with Crippen molar-refractivity contribution >= 4 is 11.9 Å². The molecule has 0 heterocycles. The zero-order valence-electron chi connectivity index (χ0n) is 11.9. The van der Waals surface area contributed by atoms with Crippen LogP contribution >= 0.6 is 0 Å². The molecule has 0 aliphatic rings. The topological polar surface area (TPSA) is 92.4 Å². The monoisotopic (exact) mass is 278 g/mol. The first-order valence-corrected chi connectivity index (χ1v) is 6.71. The van der Waals surface area contributed by atoms with Gasteiger partial charge in [0.1, 0.15) is 0 Å². The number of carbonyl (C=O) groups is 2. The average Bonchev–Trinajstić information content (AvgIpc) is 2.38. The van der Waals surface area contributed by atoms with Crippen LogP contribution in [0.5, 0.6) is 0 Å². The largest absolute Gasteiger partial charge is 0.481 e. The first-order valence-electron chi connectivity index (χ1n) is 6.71. The fourth-order valence-electron chi connectivity index (χ4n) is 1.91. The third-order valence-corrected chi connectivity index (χ3v) is 3.25. The van der Waals surface area contributed by atoms with Gasteiger partial charge in [-0.3, -0.25) is 9.59 Å². The van der Waals surface area contributed by atoms with Gasteiger partial charge in [0.25, 0.3) is 0 Å². The van der Waals surface area contributed by atoms with E-state index in [1.165, 1.54) is 0 Å². The normalized spacial score (nSPS) is 13.8. The number of amides is 1. The summed E-state index contributed by atoms with van der Waals surface area (Å²) in [7, 11) is 0. The number of carbonyl (C=O) groups excluding carboxylic acids is 1. The van der Waals surface area contributed by atoms with Crippen molar-refractivity contribution in [1.82, 2.24) is 5.32 Å². The van der Waals surface area contributed by atoms with Gasteiger partial charge in [-0.25, -0.2) is 0 Å². The number of nitrogens with two attached hydrogens (primary N) is 1. The molecular weight excluding hydrogens is 256 g/mol. The highest BCUT2D eigenvalue weighted by Crippen LogP contribution is 2.10. The van der Waals surface area contributed by atoms with E-state index in [1.54, 1.807) is 0 Å². The van der Waals surface area contributed by atoms with Gasteiger partial charge in [0.2, 0.25) is 5.91 Å². The maximum atomic E-state index is 11.9.